The smallest absolute Gasteiger partial charge is 0.234 e. The zero-order valence-electron chi connectivity index (χ0n) is 15.9. The molecule has 1 aliphatic carbocycles. The summed E-state index contributed by atoms with van der Waals surface area (Å²) in [6, 6.07) is 13.6. The monoisotopic (exact) mass is 424 g/mol. The van der Waals surface area contributed by atoms with Crippen molar-refractivity contribution in [2.75, 3.05) is 11.1 Å². The van der Waals surface area contributed by atoms with Gasteiger partial charge in [-0.25, -0.2) is 0 Å². The Morgan fingerprint density at radius 2 is 1.97 bits per heavy atom. The molecule has 0 saturated carbocycles. The highest BCUT2D eigenvalue weighted by molar-refractivity contribution is 7.99. The summed E-state index contributed by atoms with van der Waals surface area (Å²) < 4.78 is 1.95. The lowest BCUT2D eigenvalue weighted by atomic mass is 10.1. The number of fused-ring (bicyclic) bond motifs is 1. The molecule has 0 radical (unpaired) electrons. The summed E-state index contributed by atoms with van der Waals surface area (Å²) in [5.41, 5.74) is 4.50. The molecular formula is C22H21ClN4OS. The Labute approximate surface area is 179 Å². The second-order valence-corrected chi connectivity index (χ2v) is 8.27. The second kappa shape index (κ2) is 8.84. The summed E-state index contributed by atoms with van der Waals surface area (Å²) in [6.45, 7) is 4.37. The van der Waals surface area contributed by atoms with Crippen molar-refractivity contribution >= 4 is 35.0 Å². The van der Waals surface area contributed by atoms with Crippen LogP contribution in [0, 0.1) is 0 Å². The third-order valence-electron chi connectivity index (χ3n) is 4.85. The maximum Gasteiger partial charge on any atom is 0.234 e. The third-order valence-corrected chi connectivity index (χ3v) is 6.06. The van der Waals surface area contributed by atoms with Gasteiger partial charge in [0, 0.05) is 22.8 Å². The van der Waals surface area contributed by atoms with E-state index in [2.05, 4.69) is 34.2 Å². The van der Waals surface area contributed by atoms with E-state index < -0.39 is 0 Å². The number of anilines is 1. The predicted molar refractivity (Wildman–Crippen MR) is 118 cm³/mol. The number of aromatic nitrogens is 3. The maximum atomic E-state index is 12.4. The maximum absolute atomic E-state index is 12.4. The lowest BCUT2D eigenvalue weighted by Crippen LogP contribution is -2.15. The Hall–Kier alpha value is -2.57. The zero-order chi connectivity index (χ0) is 20.2. The minimum Gasteiger partial charge on any atom is -0.325 e. The topological polar surface area (TPSA) is 59.8 Å². The molecule has 29 heavy (non-hydrogen) atoms. The molecular weight excluding hydrogens is 404 g/mol. The quantitative estimate of drug-likeness (QED) is 0.428. The molecule has 1 aromatic heterocycles. The van der Waals surface area contributed by atoms with E-state index in [1.165, 1.54) is 29.3 Å². The first-order chi connectivity index (χ1) is 14.1. The molecule has 3 aromatic rings. The van der Waals surface area contributed by atoms with E-state index in [0.717, 1.165) is 29.9 Å². The number of benzene rings is 2. The molecule has 148 valence electrons. The molecule has 0 unspecified atom stereocenters. The standard InChI is InChI=1S/C22H21ClN4OS/c1-2-12-27-21(16-6-9-18(23)10-7-16)25-26-22(27)29-14-20(28)24-19-11-8-15-4-3-5-17(15)13-19/h2,6-11,13H,1,3-5,12,14H2,(H,24,28). The van der Waals surface area contributed by atoms with Gasteiger partial charge in [-0.1, -0.05) is 35.5 Å². The van der Waals surface area contributed by atoms with E-state index >= 15 is 0 Å². The average molecular weight is 425 g/mol. The number of halogens is 1. The van der Waals surface area contributed by atoms with Crippen molar-refractivity contribution in [3.8, 4) is 11.4 Å². The summed E-state index contributed by atoms with van der Waals surface area (Å²) in [6.07, 6.45) is 5.20. The van der Waals surface area contributed by atoms with E-state index in [-0.39, 0.29) is 11.7 Å². The van der Waals surface area contributed by atoms with E-state index in [1.54, 1.807) is 6.08 Å². The largest absolute Gasteiger partial charge is 0.325 e. The zero-order valence-corrected chi connectivity index (χ0v) is 17.5. The van der Waals surface area contributed by atoms with Crippen LogP contribution < -0.4 is 5.32 Å². The molecule has 7 heteroatoms. The first-order valence-corrected chi connectivity index (χ1v) is 10.8. The van der Waals surface area contributed by atoms with Crippen molar-refractivity contribution in [2.24, 2.45) is 0 Å². The first kappa shape index (κ1) is 19.7. The fraction of sp³-hybridized carbons (Fsp3) is 0.227. The summed E-state index contributed by atoms with van der Waals surface area (Å²) in [5, 5.41) is 12.9. The van der Waals surface area contributed by atoms with Crippen molar-refractivity contribution in [1.82, 2.24) is 14.8 Å². The SMILES string of the molecule is C=CCn1c(SCC(=O)Nc2ccc3c(c2)CCC3)nnc1-c1ccc(Cl)cc1. The number of amides is 1. The number of aryl methyl sites for hydroxylation is 2. The van der Waals surface area contributed by atoms with E-state index in [9.17, 15) is 4.79 Å². The number of hydrogen-bond acceptors (Lipinski definition) is 4. The van der Waals surface area contributed by atoms with Crippen LogP contribution in [0.2, 0.25) is 5.02 Å². The van der Waals surface area contributed by atoms with E-state index in [4.69, 9.17) is 11.6 Å². The Balaban J connectivity index is 1.44. The van der Waals surface area contributed by atoms with Crippen molar-refractivity contribution < 1.29 is 4.79 Å². The van der Waals surface area contributed by atoms with Gasteiger partial charge in [0.1, 0.15) is 0 Å². The van der Waals surface area contributed by atoms with Crippen LogP contribution in [0.25, 0.3) is 11.4 Å². The molecule has 0 bridgehead atoms. The van der Waals surface area contributed by atoms with Crippen LogP contribution >= 0.6 is 23.4 Å². The van der Waals surface area contributed by atoms with E-state index in [1.807, 2.05) is 34.9 Å². The molecule has 2 aromatic carbocycles. The van der Waals surface area contributed by atoms with Gasteiger partial charge in [0.25, 0.3) is 0 Å². The van der Waals surface area contributed by atoms with Gasteiger partial charge in [-0.3, -0.25) is 9.36 Å². The number of thioether (sulfide) groups is 1. The highest BCUT2D eigenvalue weighted by Gasteiger charge is 2.16. The van der Waals surface area contributed by atoms with Gasteiger partial charge in [0.2, 0.25) is 5.91 Å². The molecule has 0 fully saturated rings. The summed E-state index contributed by atoms with van der Waals surface area (Å²) in [7, 11) is 0. The first-order valence-electron chi connectivity index (χ1n) is 9.48. The molecule has 1 heterocycles. The highest BCUT2D eigenvalue weighted by atomic mass is 35.5. The Morgan fingerprint density at radius 3 is 2.76 bits per heavy atom. The molecule has 1 amide bonds. The number of nitrogens with zero attached hydrogens (tertiary/aromatic N) is 3. The van der Waals surface area contributed by atoms with Crippen molar-refractivity contribution in [3.05, 3.63) is 71.3 Å². The lowest BCUT2D eigenvalue weighted by Gasteiger charge is -2.09. The van der Waals surface area contributed by atoms with Crippen LogP contribution in [0.4, 0.5) is 5.69 Å². The van der Waals surface area contributed by atoms with Crippen LogP contribution in [-0.2, 0) is 24.2 Å². The van der Waals surface area contributed by atoms with Gasteiger partial charge in [-0.05, 0) is 66.8 Å². The summed E-state index contributed by atoms with van der Waals surface area (Å²) >= 11 is 7.34. The minimum absolute atomic E-state index is 0.0610. The van der Waals surface area contributed by atoms with Crippen LogP contribution in [0.1, 0.15) is 17.5 Å². The second-order valence-electron chi connectivity index (χ2n) is 6.89. The van der Waals surface area contributed by atoms with E-state index in [0.29, 0.717) is 16.7 Å². The fourth-order valence-electron chi connectivity index (χ4n) is 3.48. The van der Waals surface area contributed by atoms with Gasteiger partial charge < -0.3 is 5.32 Å². The van der Waals surface area contributed by atoms with Crippen LogP contribution in [0.3, 0.4) is 0 Å². The number of rotatable bonds is 7. The average Bonchev–Trinajstić information content (AvgIpc) is 3.34. The lowest BCUT2D eigenvalue weighted by molar-refractivity contribution is -0.113. The number of nitrogens with one attached hydrogen (secondary N) is 1. The van der Waals surface area contributed by atoms with Gasteiger partial charge in [-0.15, -0.1) is 16.8 Å². The molecule has 0 aliphatic heterocycles. The summed E-state index contributed by atoms with van der Waals surface area (Å²) in [5.74, 6) is 0.921. The van der Waals surface area contributed by atoms with Crippen molar-refractivity contribution in [2.45, 2.75) is 31.0 Å². The molecule has 0 saturated heterocycles. The molecule has 4 rings (SSSR count). The number of carbonyl (C=O) groups excluding carboxylic acids is 1. The van der Waals surface area contributed by atoms with Crippen LogP contribution in [0.5, 0.6) is 0 Å². The summed E-state index contributed by atoms with van der Waals surface area (Å²) in [4.78, 5) is 12.4. The molecule has 5 nitrogen and oxygen atoms in total. The van der Waals surface area contributed by atoms with Crippen LogP contribution in [0.15, 0.2) is 60.3 Å². The van der Waals surface area contributed by atoms with Gasteiger partial charge >= 0.3 is 0 Å². The normalized spacial score (nSPS) is 12.6. The van der Waals surface area contributed by atoms with Gasteiger partial charge in [0.15, 0.2) is 11.0 Å². The van der Waals surface area contributed by atoms with Gasteiger partial charge in [0.05, 0.1) is 5.75 Å². The predicted octanol–water partition coefficient (Wildman–Crippen LogP) is 5.00. The molecule has 0 spiro atoms. The number of allylic oxidation sites excluding steroid dienone is 1. The highest BCUT2D eigenvalue weighted by Crippen LogP contribution is 2.27. The van der Waals surface area contributed by atoms with Gasteiger partial charge in [-0.2, -0.15) is 0 Å². The third kappa shape index (κ3) is 4.54. The number of hydrogen-bond donors (Lipinski definition) is 1. The van der Waals surface area contributed by atoms with Crippen molar-refractivity contribution in [1.29, 1.82) is 0 Å². The fourth-order valence-corrected chi connectivity index (χ4v) is 4.35. The minimum atomic E-state index is -0.0610. The molecule has 1 aliphatic rings. The van der Waals surface area contributed by atoms with Crippen molar-refractivity contribution in [3.63, 3.8) is 0 Å². The molecule has 1 N–H and O–H groups in total. The Morgan fingerprint density at radius 1 is 1.17 bits per heavy atom. The Kier molecular flexibility index (Phi) is 6.02. The molecule has 0 atom stereocenters. The van der Waals surface area contributed by atoms with Crippen LogP contribution in [-0.4, -0.2) is 26.4 Å². The number of carbonyl (C=O) groups is 1. The Bertz CT molecular complexity index is 1050.